The molecule has 15 heavy (non-hydrogen) atoms. The molecule has 1 fully saturated rings. The second-order valence-corrected chi connectivity index (χ2v) is 3.78. The molecule has 1 aliphatic rings. The van der Waals surface area contributed by atoms with Crippen molar-refractivity contribution in [2.24, 2.45) is 0 Å². The maximum absolute atomic E-state index is 12.6. The van der Waals surface area contributed by atoms with Crippen LogP contribution in [-0.4, -0.2) is 36.1 Å². The van der Waals surface area contributed by atoms with Gasteiger partial charge in [-0.3, -0.25) is 0 Å². The number of anilines is 1. The predicted octanol–water partition coefficient (Wildman–Crippen LogP) is 0.804. The van der Waals surface area contributed by atoms with Crippen molar-refractivity contribution in [1.29, 1.82) is 0 Å². The molecule has 4 nitrogen and oxygen atoms in total. The molecular formula is C10H15FN4. The van der Waals surface area contributed by atoms with Gasteiger partial charge < -0.3 is 10.2 Å². The molecule has 0 saturated carbocycles. The third kappa shape index (κ3) is 2.41. The first-order valence-electron chi connectivity index (χ1n) is 5.19. The number of halogens is 1. The van der Waals surface area contributed by atoms with Crippen molar-refractivity contribution in [3.8, 4) is 0 Å². The van der Waals surface area contributed by atoms with Crippen LogP contribution in [0.5, 0.6) is 0 Å². The van der Waals surface area contributed by atoms with Crippen molar-refractivity contribution in [3.05, 3.63) is 18.2 Å². The fourth-order valence-corrected chi connectivity index (χ4v) is 1.86. The lowest BCUT2D eigenvalue weighted by Crippen LogP contribution is -2.45. The molecule has 2 heterocycles. The van der Waals surface area contributed by atoms with E-state index in [0.717, 1.165) is 19.5 Å². The Labute approximate surface area is 88.5 Å². The Morgan fingerprint density at radius 1 is 1.47 bits per heavy atom. The fraction of sp³-hybridized carbons (Fsp3) is 0.600. The van der Waals surface area contributed by atoms with Gasteiger partial charge in [0, 0.05) is 19.1 Å². The third-order valence-corrected chi connectivity index (χ3v) is 2.72. The van der Waals surface area contributed by atoms with E-state index in [2.05, 4.69) is 20.2 Å². The van der Waals surface area contributed by atoms with E-state index in [-0.39, 0.29) is 5.82 Å². The SMILES string of the molecule is CN[C@H]1CCCN(c2ncc(F)cn2)C1. The Hall–Kier alpha value is -1.23. The Bertz CT molecular complexity index is 314. The van der Waals surface area contributed by atoms with Gasteiger partial charge in [0.05, 0.1) is 12.4 Å². The number of hydrogen-bond acceptors (Lipinski definition) is 4. The smallest absolute Gasteiger partial charge is 0.225 e. The van der Waals surface area contributed by atoms with Gasteiger partial charge in [0.2, 0.25) is 5.95 Å². The number of hydrogen-bond donors (Lipinski definition) is 1. The molecule has 1 aromatic heterocycles. The molecule has 5 heteroatoms. The van der Waals surface area contributed by atoms with Gasteiger partial charge in [0.25, 0.3) is 0 Å². The highest BCUT2D eigenvalue weighted by atomic mass is 19.1. The van der Waals surface area contributed by atoms with Crippen molar-refractivity contribution in [3.63, 3.8) is 0 Å². The Morgan fingerprint density at radius 3 is 2.87 bits per heavy atom. The van der Waals surface area contributed by atoms with Crippen LogP contribution in [0, 0.1) is 5.82 Å². The number of likely N-dealkylation sites (N-methyl/N-ethyl adjacent to an activating group) is 1. The average molecular weight is 210 g/mol. The lowest BCUT2D eigenvalue weighted by Gasteiger charge is -2.32. The number of nitrogens with zero attached hydrogens (tertiary/aromatic N) is 3. The zero-order chi connectivity index (χ0) is 10.7. The van der Waals surface area contributed by atoms with Crippen LogP contribution < -0.4 is 10.2 Å². The van der Waals surface area contributed by atoms with E-state index in [0.29, 0.717) is 12.0 Å². The topological polar surface area (TPSA) is 41.0 Å². The highest BCUT2D eigenvalue weighted by Gasteiger charge is 2.20. The summed E-state index contributed by atoms with van der Waals surface area (Å²) in [6.45, 7) is 1.84. The van der Waals surface area contributed by atoms with Crippen molar-refractivity contribution in [2.75, 3.05) is 25.0 Å². The van der Waals surface area contributed by atoms with Gasteiger partial charge in [-0.15, -0.1) is 0 Å². The molecule has 0 amide bonds. The maximum Gasteiger partial charge on any atom is 0.225 e. The second kappa shape index (κ2) is 4.53. The minimum absolute atomic E-state index is 0.388. The molecule has 1 atom stereocenters. The van der Waals surface area contributed by atoms with Gasteiger partial charge in [-0.25, -0.2) is 14.4 Å². The summed E-state index contributed by atoms with van der Waals surface area (Å²) in [4.78, 5) is 10.1. The van der Waals surface area contributed by atoms with Gasteiger partial charge in [-0.2, -0.15) is 0 Å². The first-order valence-corrected chi connectivity index (χ1v) is 5.19. The van der Waals surface area contributed by atoms with Crippen LogP contribution >= 0.6 is 0 Å². The van der Waals surface area contributed by atoms with E-state index in [1.165, 1.54) is 18.8 Å². The zero-order valence-corrected chi connectivity index (χ0v) is 8.78. The van der Waals surface area contributed by atoms with E-state index >= 15 is 0 Å². The third-order valence-electron chi connectivity index (χ3n) is 2.72. The molecule has 1 aromatic rings. The highest BCUT2D eigenvalue weighted by Crippen LogP contribution is 2.15. The average Bonchev–Trinajstić information content (AvgIpc) is 2.30. The van der Waals surface area contributed by atoms with Crippen LogP contribution in [0.4, 0.5) is 10.3 Å². The minimum atomic E-state index is -0.388. The van der Waals surface area contributed by atoms with Crippen molar-refractivity contribution in [1.82, 2.24) is 15.3 Å². The maximum atomic E-state index is 12.6. The summed E-state index contributed by atoms with van der Waals surface area (Å²) >= 11 is 0. The summed E-state index contributed by atoms with van der Waals surface area (Å²) in [5, 5.41) is 3.24. The minimum Gasteiger partial charge on any atom is -0.339 e. The summed E-state index contributed by atoms with van der Waals surface area (Å²) < 4.78 is 12.6. The summed E-state index contributed by atoms with van der Waals surface area (Å²) in [7, 11) is 1.96. The van der Waals surface area contributed by atoms with Gasteiger partial charge in [-0.05, 0) is 19.9 Å². The van der Waals surface area contributed by atoms with Crippen LogP contribution in [-0.2, 0) is 0 Å². The number of rotatable bonds is 2. The Morgan fingerprint density at radius 2 is 2.20 bits per heavy atom. The summed E-state index contributed by atoms with van der Waals surface area (Å²) in [6, 6.07) is 0.479. The first-order chi connectivity index (χ1) is 7.29. The van der Waals surface area contributed by atoms with Gasteiger partial charge >= 0.3 is 0 Å². The van der Waals surface area contributed by atoms with E-state index in [9.17, 15) is 4.39 Å². The molecule has 0 bridgehead atoms. The number of aromatic nitrogens is 2. The predicted molar refractivity (Wildman–Crippen MR) is 56.3 cm³/mol. The molecule has 82 valence electrons. The molecule has 2 rings (SSSR count). The lowest BCUT2D eigenvalue weighted by molar-refractivity contribution is 0.444. The Kier molecular flexibility index (Phi) is 3.11. The van der Waals surface area contributed by atoms with E-state index in [1.807, 2.05) is 7.05 Å². The quantitative estimate of drug-likeness (QED) is 0.784. The largest absolute Gasteiger partial charge is 0.339 e. The van der Waals surface area contributed by atoms with Crippen LogP contribution in [0.2, 0.25) is 0 Å². The second-order valence-electron chi connectivity index (χ2n) is 3.78. The van der Waals surface area contributed by atoms with Crippen LogP contribution in [0.15, 0.2) is 12.4 Å². The number of nitrogens with one attached hydrogen (secondary N) is 1. The number of piperidine rings is 1. The summed E-state index contributed by atoms with van der Waals surface area (Å²) in [5.74, 6) is 0.234. The van der Waals surface area contributed by atoms with E-state index < -0.39 is 0 Å². The molecule has 0 radical (unpaired) electrons. The molecule has 0 unspecified atom stereocenters. The van der Waals surface area contributed by atoms with Crippen LogP contribution in [0.1, 0.15) is 12.8 Å². The lowest BCUT2D eigenvalue weighted by atomic mass is 10.1. The van der Waals surface area contributed by atoms with E-state index in [1.54, 1.807) is 0 Å². The fourth-order valence-electron chi connectivity index (χ4n) is 1.86. The van der Waals surface area contributed by atoms with Gasteiger partial charge in [0.1, 0.15) is 0 Å². The molecule has 1 N–H and O–H groups in total. The normalized spacial score (nSPS) is 21.7. The van der Waals surface area contributed by atoms with Crippen molar-refractivity contribution >= 4 is 5.95 Å². The van der Waals surface area contributed by atoms with Gasteiger partial charge in [0.15, 0.2) is 5.82 Å². The molecular weight excluding hydrogens is 195 g/mol. The van der Waals surface area contributed by atoms with Crippen molar-refractivity contribution < 1.29 is 4.39 Å². The van der Waals surface area contributed by atoms with Crippen molar-refractivity contribution in [2.45, 2.75) is 18.9 Å². The zero-order valence-electron chi connectivity index (χ0n) is 8.78. The molecule has 1 aliphatic heterocycles. The molecule has 0 spiro atoms. The molecule has 0 aliphatic carbocycles. The molecule has 1 saturated heterocycles. The monoisotopic (exact) mass is 210 g/mol. The van der Waals surface area contributed by atoms with Crippen LogP contribution in [0.3, 0.4) is 0 Å². The molecule has 0 aromatic carbocycles. The van der Waals surface area contributed by atoms with E-state index in [4.69, 9.17) is 0 Å². The summed E-state index contributed by atoms with van der Waals surface area (Å²) in [6.07, 6.45) is 4.72. The highest BCUT2D eigenvalue weighted by molar-refractivity contribution is 5.29. The first kappa shape index (κ1) is 10.3. The summed E-state index contributed by atoms with van der Waals surface area (Å²) in [5.41, 5.74) is 0. The van der Waals surface area contributed by atoms with Gasteiger partial charge in [-0.1, -0.05) is 0 Å². The van der Waals surface area contributed by atoms with Crippen LogP contribution in [0.25, 0.3) is 0 Å². The standard InChI is InChI=1S/C10H15FN4/c1-12-9-3-2-4-15(7-9)10-13-5-8(11)6-14-10/h5-6,9,12H,2-4,7H2,1H3/t9-/m0/s1. The Balaban J connectivity index is 2.06.